The lowest BCUT2D eigenvalue weighted by Gasteiger charge is -2.37. The normalized spacial score (nSPS) is 17.0. The van der Waals surface area contributed by atoms with Gasteiger partial charge in [-0.05, 0) is 32.1 Å². The summed E-state index contributed by atoms with van der Waals surface area (Å²) < 4.78 is 0. The summed E-state index contributed by atoms with van der Waals surface area (Å²) in [6, 6.07) is 0.122. The summed E-state index contributed by atoms with van der Waals surface area (Å²) in [5, 5.41) is 9.09. The van der Waals surface area contributed by atoms with Crippen LogP contribution in [0.25, 0.3) is 0 Å². The van der Waals surface area contributed by atoms with Gasteiger partial charge in [-0.2, -0.15) is 0 Å². The lowest BCUT2D eigenvalue weighted by molar-refractivity contribution is -0.138. The summed E-state index contributed by atoms with van der Waals surface area (Å²) in [5.41, 5.74) is 0. The Balaban J connectivity index is 2.90. The first-order valence-electron chi connectivity index (χ1n) is 8.15. The Morgan fingerprint density at radius 3 is 2.19 bits per heavy atom. The summed E-state index contributed by atoms with van der Waals surface area (Å²) in [6.45, 7) is 8.59. The predicted molar refractivity (Wildman–Crippen MR) is 83.3 cm³/mol. The smallest absolute Gasteiger partial charge is 0.323 e. The van der Waals surface area contributed by atoms with E-state index in [0.29, 0.717) is 12.5 Å². The summed E-state index contributed by atoms with van der Waals surface area (Å²) in [7, 11) is 0. The summed E-state index contributed by atoms with van der Waals surface area (Å²) in [4.78, 5) is 27.4. The topological polar surface area (TPSA) is 60.9 Å². The van der Waals surface area contributed by atoms with Crippen LogP contribution in [0.1, 0.15) is 59.8 Å². The second-order valence-electron chi connectivity index (χ2n) is 6.55. The van der Waals surface area contributed by atoms with Gasteiger partial charge in [-0.15, -0.1) is 0 Å². The van der Waals surface area contributed by atoms with Crippen LogP contribution in [0.5, 0.6) is 0 Å². The van der Waals surface area contributed by atoms with Gasteiger partial charge in [-0.25, -0.2) is 4.79 Å². The molecule has 1 N–H and O–H groups in total. The maximum Gasteiger partial charge on any atom is 0.323 e. The molecule has 21 heavy (non-hydrogen) atoms. The standard InChI is InChI=1S/C16H30N2O3/c1-5-13(4)17(11-15(19)20)16(21)18(10-12(2)3)14-8-6-7-9-14/h12-14H,5-11H2,1-4H3,(H,19,20). The van der Waals surface area contributed by atoms with Gasteiger partial charge in [0.2, 0.25) is 0 Å². The number of carboxylic acids is 1. The van der Waals surface area contributed by atoms with E-state index in [1.54, 1.807) is 0 Å². The van der Waals surface area contributed by atoms with Gasteiger partial charge in [0.1, 0.15) is 6.54 Å². The highest BCUT2D eigenvalue weighted by Gasteiger charge is 2.32. The zero-order valence-electron chi connectivity index (χ0n) is 13.8. The molecule has 122 valence electrons. The maximum atomic E-state index is 12.9. The number of aliphatic carboxylic acids is 1. The third-order valence-electron chi connectivity index (χ3n) is 4.25. The molecule has 1 aliphatic carbocycles. The molecule has 0 bridgehead atoms. The van der Waals surface area contributed by atoms with E-state index in [1.807, 2.05) is 18.7 Å². The lowest BCUT2D eigenvalue weighted by Crippen LogP contribution is -2.52. The second-order valence-corrected chi connectivity index (χ2v) is 6.55. The number of rotatable bonds is 7. The molecule has 5 heteroatoms. The minimum atomic E-state index is -0.945. The van der Waals surface area contributed by atoms with Crippen molar-refractivity contribution in [1.82, 2.24) is 9.80 Å². The van der Waals surface area contributed by atoms with Gasteiger partial charge in [0.05, 0.1) is 0 Å². The van der Waals surface area contributed by atoms with E-state index in [4.69, 9.17) is 5.11 Å². The quantitative estimate of drug-likeness (QED) is 0.785. The minimum Gasteiger partial charge on any atom is -0.480 e. The van der Waals surface area contributed by atoms with Crippen molar-refractivity contribution >= 4 is 12.0 Å². The fourth-order valence-electron chi connectivity index (χ4n) is 2.94. The molecule has 5 nitrogen and oxygen atoms in total. The molecule has 0 radical (unpaired) electrons. The van der Waals surface area contributed by atoms with E-state index >= 15 is 0 Å². The molecule has 1 saturated carbocycles. The maximum absolute atomic E-state index is 12.9. The number of carboxylic acid groups (broad SMARTS) is 1. The van der Waals surface area contributed by atoms with Crippen molar-refractivity contribution in [3.63, 3.8) is 0 Å². The lowest BCUT2D eigenvalue weighted by atomic mass is 10.1. The SMILES string of the molecule is CCC(C)N(CC(=O)O)C(=O)N(CC(C)C)C1CCCC1. The first-order valence-corrected chi connectivity index (χ1v) is 8.15. The Kier molecular flexibility index (Phi) is 6.99. The van der Waals surface area contributed by atoms with Gasteiger partial charge < -0.3 is 14.9 Å². The van der Waals surface area contributed by atoms with Gasteiger partial charge in [0, 0.05) is 18.6 Å². The molecule has 0 heterocycles. The fraction of sp³-hybridized carbons (Fsp3) is 0.875. The van der Waals surface area contributed by atoms with Gasteiger partial charge in [-0.3, -0.25) is 4.79 Å². The van der Waals surface area contributed by atoms with Crippen LogP contribution in [-0.4, -0.2) is 52.1 Å². The summed E-state index contributed by atoms with van der Waals surface area (Å²) in [5.74, 6) is -0.558. The van der Waals surface area contributed by atoms with Crippen molar-refractivity contribution in [1.29, 1.82) is 0 Å². The highest BCUT2D eigenvalue weighted by atomic mass is 16.4. The number of urea groups is 1. The van der Waals surface area contributed by atoms with Crippen LogP contribution in [0.4, 0.5) is 4.79 Å². The molecule has 1 aliphatic rings. The first kappa shape index (κ1) is 17.8. The van der Waals surface area contributed by atoms with Crippen LogP contribution in [-0.2, 0) is 4.79 Å². The largest absolute Gasteiger partial charge is 0.480 e. The average Bonchev–Trinajstić information content (AvgIpc) is 2.94. The van der Waals surface area contributed by atoms with Crippen LogP contribution in [0.2, 0.25) is 0 Å². The van der Waals surface area contributed by atoms with Crippen molar-refractivity contribution in [3.05, 3.63) is 0 Å². The summed E-state index contributed by atoms with van der Waals surface area (Å²) >= 11 is 0. The molecule has 2 amide bonds. The molecule has 0 spiro atoms. The van der Waals surface area contributed by atoms with Gasteiger partial charge in [0.15, 0.2) is 0 Å². The summed E-state index contributed by atoms with van der Waals surface area (Å²) in [6.07, 6.45) is 5.17. The van der Waals surface area contributed by atoms with E-state index in [2.05, 4.69) is 13.8 Å². The molecular weight excluding hydrogens is 268 g/mol. The fourth-order valence-corrected chi connectivity index (χ4v) is 2.94. The van der Waals surface area contributed by atoms with E-state index in [9.17, 15) is 9.59 Å². The number of carbonyl (C=O) groups excluding carboxylic acids is 1. The van der Waals surface area contributed by atoms with E-state index < -0.39 is 5.97 Å². The molecule has 0 aromatic carbocycles. The van der Waals surface area contributed by atoms with Gasteiger partial charge in [0.25, 0.3) is 0 Å². The number of hydrogen-bond donors (Lipinski definition) is 1. The minimum absolute atomic E-state index is 0.0512. The number of hydrogen-bond acceptors (Lipinski definition) is 2. The average molecular weight is 298 g/mol. The molecule has 0 aliphatic heterocycles. The molecule has 0 saturated heterocycles. The molecule has 0 aromatic rings. The van der Waals surface area contributed by atoms with E-state index in [-0.39, 0.29) is 24.7 Å². The van der Waals surface area contributed by atoms with Crippen LogP contribution in [0, 0.1) is 5.92 Å². The Hall–Kier alpha value is -1.26. The Bertz CT molecular complexity index is 351. The highest BCUT2D eigenvalue weighted by molar-refractivity contribution is 5.80. The van der Waals surface area contributed by atoms with Crippen molar-refractivity contribution in [2.75, 3.05) is 13.1 Å². The molecule has 1 rings (SSSR count). The van der Waals surface area contributed by atoms with E-state index in [0.717, 1.165) is 32.1 Å². The van der Waals surface area contributed by atoms with Crippen molar-refractivity contribution in [3.8, 4) is 0 Å². The number of carbonyl (C=O) groups is 2. The molecule has 1 atom stereocenters. The number of amides is 2. The Morgan fingerprint density at radius 2 is 1.76 bits per heavy atom. The van der Waals surface area contributed by atoms with Crippen molar-refractivity contribution in [2.45, 2.75) is 71.9 Å². The van der Waals surface area contributed by atoms with Crippen LogP contribution in [0.15, 0.2) is 0 Å². The monoisotopic (exact) mass is 298 g/mol. The first-order chi connectivity index (χ1) is 9.86. The Morgan fingerprint density at radius 1 is 1.19 bits per heavy atom. The molecule has 1 unspecified atom stereocenters. The zero-order chi connectivity index (χ0) is 16.0. The van der Waals surface area contributed by atoms with Gasteiger partial charge in [-0.1, -0.05) is 33.6 Å². The van der Waals surface area contributed by atoms with Crippen LogP contribution in [0.3, 0.4) is 0 Å². The van der Waals surface area contributed by atoms with Crippen molar-refractivity contribution in [2.24, 2.45) is 5.92 Å². The molecule has 0 aromatic heterocycles. The van der Waals surface area contributed by atoms with Crippen LogP contribution < -0.4 is 0 Å². The molecule has 1 fully saturated rings. The van der Waals surface area contributed by atoms with Crippen LogP contribution >= 0.6 is 0 Å². The second kappa shape index (κ2) is 8.25. The Labute approximate surface area is 128 Å². The molecular formula is C16H30N2O3. The third kappa shape index (κ3) is 5.21. The third-order valence-corrected chi connectivity index (χ3v) is 4.25. The zero-order valence-corrected chi connectivity index (χ0v) is 13.8. The van der Waals surface area contributed by atoms with Crippen molar-refractivity contribution < 1.29 is 14.7 Å². The van der Waals surface area contributed by atoms with Gasteiger partial charge >= 0.3 is 12.0 Å². The van der Waals surface area contributed by atoms with E-state index in [1.165, 1.54) is 4.90 Å². The highest BCUT2D eigenvalue weighted by Crippen LogP contribution is 2.26. The predicted octanol–water partition coefficient (Wildman–Crippen LogP) is 3.19. The number of nitrogens with zero attached hydrogens (tertiary/aromatic N) is 2.